The molecule has 4 heterocycles. The van der Waals surface area contributed by atoms with Gasteiger partial charge in [-0.15, -0.1) is 15.3 Å². The molecule has 3 aromatic rings. The number of phenols is 1. The molecule has 1 aromatic carbocycles. The lowest BCUT2D eigenvalue weighted by atomic mass is 9.96. The van der Waals surface area contributed by atoms with Gasteiger partial charge in [-0.2, -0.15) is 0 Å². The number of aromatic nitrogens is 6. The summed E-state index contributed by atoms with van der Waals surface area (Å²) in [5.41, 5.74) is 1.59. The Morgan fingerprint density at radius 1 is 1.28 bits per heavy atom. The summed E-state index contributed by atoms with van der Waals surface area (Å²) in [5.74, 6) is 0.376. The second-order valence-corrected chi connectivity index (χ2v) is 7.23. The molecule has 2 aromatic heterocycles. The van der Waals surface area contributed by atoms with E-state index >= 15 is 0 Å². The number of anilines is 1. The number of aromatic hydroxyl groups is 1. The summed E-state index contributed by atoms with van der Waals surface area (Å²) >= 11 is 0. The molecule has 2 N–H and O–H groups in total. The maximum atomic E-state index is 14.8. The standard InChI is InChI=1S/C19H19FN8O/c1-27(16-8-11-2-5-14(23-11)18(16)20)19-21-10-15(24-25-19)13-4-3-12(9-17(13)29)28-7-6-22-26-28/h2-7,9-11,14,16,18,23,29H,8H2,1H3/t11-,14?,16-,18-/m0/s1. The highest BCUT2D eigenvalue weighted by Crippen LogP contribution is 2.31. The van der Waals surface area contributed by atoms with Gasteiger partial charge in [0.05, 0.1) is 36.4 Å². The van der Waals surface area contributed by atoms with Gasteiger partial charge in [0.15, 0.2) is 0 Å². The topological polar surface area (TPSA) is 105 Å². The quantitative estimate of drug-likeness (QED) is 0.638. The van der Waals surface area contributed by atoms with E-state index in [1.165, 1.54) is 6.20 Å². The predicted octanol–water partition coefficient (Wildman–Crippen LogP) is 1.27. The fourth-order valence-corrected chi connectivity index (χ4v) is 3.89. The number of halogens is 1. The molecule has 0 aliphatic carbocycles. The summed E-state index contributed by atoms with van der Waals surface area (Å²) in [6.45, 7) is 0. The number of nitrogens with one attached hydrogen (secondary N) is 1. The molecule has 2 bridgehead atoms. The van der Waals surface area contributed by atoms with Crippen molar-refractivity contribution in [3.8, 4) is 22.7 Å². The Kier molecular flexibility index (Phi) is 4.20. The van der Waals surface area contributed by atoms with Gasteiger partial charge in [0.25, 0.3) is 0 Å². The predicted molar refractivity (Wildman–Crippen MR) is 103 cm³/mol. The summed E-state index contributed by atoms with van der Waals surface area (Å²) in [6, 6.07) is 4.65. The first-order valence-electron chi connectivity index (χ1n) is 9.31. The molecule has 1 unspecified atom stereocenters. The maximum absolute atomic E-state index is 14.8. The van der Waals surface area contributed by atoms with Crippen molar-refractivity contribution >= 4 is 5.95 Å². The zero-order valence-electron chi connectivity index (χ0n) is 15.6. The number of nitrogens with zero attached hydrogens (tertiary/aromatic N) is 7. The van der Waals surface area contributed by atoms with E-state index in [0.717, 1.165) is 0 Å². The summed E-state index contributed by atoms with van der Waals surface area (Å²) in [7, 11) is 1.78. The molecule has 1 saturated heterocycles. The van der Waals surface area contributed by atoms with Gasteiger partial charge in [-0.25, -0.2) is 14.1 Å². The van der Waals surface area contributed by atoms with Gasteiger partial charge < -0.3 is 15.3 Å². The zero-order valence-corrected chi connectivity index (χ0v) is 15.6. The lowest BCUT2D eigenvalue weighted by molar-refractivity contribution is 0.186. The molecule has 0 radical (unpaired) electrons. The molecule has 0 saturated carbocycles. The number of fused-ring (bicyclic) bond motifs is 2. The first-order valence-corrected chi connectivity index (χ1v) is 9.31. The molecule has 2 aliphatic heterocycles. The smallest absolute Gasteiger partial charge is 0.245 e. The largest absolute Gasteiger partial charge is 0.507 e. The van der Waals surface area contributed by atoms with E-state index in [1.54, 1.807) is 47.2 Å². The minimum atomic E-state index is -1.05. The minimum Gasteiger partial charge on any atom is -0.507 e. The van der Waals surface area contributed by atoms with Crippen molar-refractivity contribution < 1.29 is 9.50 Å². The number of phenolic OH excluding ortho intramolecular Hbond substituents is 1. The number of benzene rings is 1. The molecule has 2 aliphatic rings. The Hall–Kier alpha value is -3.40. The third kappa shape index (κ3) is 3.11. The SMILES string of the molecule is CN(c1ncc(-c2ccc(-n3ccnn3)cc2O)nn1)[C@H]1C[C@@H]2C=CC(N2)[C@@H]1F. The molecule has 9 nitrogen and oxygen atoms in total. The number of hydrogen-bond acceptors (Lipinski definition) is 8. The number of alkyl halides is 1. The van der Waals surface area contributed by atoms with E-state index in [0.29, 0.717) is 29.3 Å². The second kappa shape index (κ2) is 6.89. The van der Waals surface area contributed by atoms with Gasteiger partial charge >= 0.3 is 0 Å². The summed E-state index contributed by atoms with van der Waals surface area (Å²) < 4.78 is 16.3. The number of rotatable bonds is 4. The highest BCUT2D eigenvalue weighted by Gasteiger charge is 2.41. The maximum Gasteiger partial charge on any atom is 0.245 e. The van der Waals surface area contributed by atoms with E-state index in [-0.39, 0.29) is 23.9 Å². The van der Waals surface area contributed by atoms with Crippen molar-refractivity contribution in [2.24, 2.45) is 0 Å². The molecule has 148 valence electrons. The Labute approximate surface area is 165 Å². The molecular weight excluding hydrogens is 375 g/mol. The first-order chi connectivity index (χ1) is 14.1. The fraction of sp³-hybridized carbons (Fsp3) is 0.316. The Balaban J connectivity index is 1.36. The minimum absolute atomic E-state index is 0.0278. The van der Waals surface area contributed by atoms with Gasteiger partial charge in [0.2, 0.25) is 5.95 Å². The van der Waals surface area contributed by atoms with Gasteiger partial charge in [0.1, 0.15) is 17.6 Å². The summed E-state index contributed by atoms with van der Waals surface area (Å²) in [4.78, 5) is 6.09. The van der Waals surface area contributed by atoms with Crippen LogP contribution in [0.4, 0.5) is 10.3 Å². The van der Waals surface area contributed by atoms with Crippen LogP contribution >= 0.6 is 0 Å². The van der Waals surface area contributed by atoms with Gasteiger partial charge in [0, 0.05) is 24.7 Å². The molecular formula is C19H19FN8O. The number of hydrogen-bond donors (Lipinski definition) is 2. The van der Waals surface area contributed by atoms with Crippen LogP contribution < -0.4 is 10.2 Å². The fourth-order valence-electron chi connectivity index (χ4n) is 3.89. The average molecular weight is 394 g/mol. The molecule has 4 atom stereocenters. The van der Waals surface area contributed by atoms with Crippen LogP contribution in [-0.2, 0) is 0 Å². The lowest BCUT2D eigenvalue weighted by Crippen LogP contribution is -2.56. The van der Waals surface area contributed by atoms with Gasteiger partial charge in [-0.1, -0.05) is 17.4 Å². The van der Waals surface area contributed by atoms with E-state index < -0.39 is 6.17 Å². The lowest BCUT2D eigenvalue weighted by Gasteiger charge is -2.38. The molecule has 10 heteroatoms. The molecule has 29 heavy (non-hydrogen) atoms. The van der Waals surface area contributed by atoms with Crippen LogP contribution in [0, 0.1) is 0 Å². The highest BCUT2D eigenvalue weighted by atomic mass is 19.1. The third-order valence-corrected chi connectivity index (χ3v) is 5.47. The Bertz CT molecular complexity index is 1040. The van der Waals surface area contributed by atoms with Crippen molar-refractivity contribution in [3.63, 3.8) is 0 Å². The van der Waals surface area contributed by atoms with E-state index in [4.69, 9.17) is 0 Å². The van der Waals surface area contributed by atoms with Crippen molar-refractivity contribution in [2.75, 3.05) is 11.9 Å². The average Bonchev–Trinajstić information content (AvgIpc) is 3.41. The van der Waals surface area contributed by atoms with Crippen molar-refractivity contribution in [2.45, 2.75) is 30.7 Å². The van der Waals surface area contributed by atoms with E-state index in [9.17, 15) is 9.50 Å². The normalized spacial score (nSPS) is 25.3. The molecule has 5 rings (SSSR count). The summed E-state index contributed by atoms with van der Waals surface area (Å²) in [6.07, 6.45) is 8.26. The zero-order chi connectivity index (χ0) is 20.0. The third-order valence-electron chi connectivity index (χ3n) is 5.47. The van der Waals surface area contributed by atoms with Gasteiger partial charge in [-0.3, -0.25) is 0 Å². The monoisotopic (exact) mass is 394 g/mol. The van der Waals surface area contributed by atoms with Crippen molar-refractivity contribution in [1.82, 2.24) is 35.5 Å². The Morgan fingerprint density at radius 3 is 2.90 bits per heavy atom. The van der Waals surface area contributed by atoms with Crippen LogP contribution in [0.5, 0.6) is 5.75 Å². The van der Waals surface area contributed by atoms with Crippen LogP contribution in [0.25, 0.3) is 16.9 Å². The van der Waals surface area contributed by atoms with Crippen LogP contribution in [0.1, 0.15) is 6.42 Å². The molecule has 1 fully saturated rings. The highest BCUT2D eigenvalue weighted by molar-refractivity contribution is 5.68. The van der Waals surface area contributed by atoms with Gasteiger partial charge in [-0.05, 0) is 18.6 Å². The van der Waals surface area contributed by atoms with Crippen LogP contribution in [0.3, 0.4) is 0 Å². The summed E-state index contributed by atoms with van der Waals surface area (Å²) in [5, 5.41) is 29.6. The molecule has 0 spiro atoms. The molecule has 0 amide bonds. The first kappa shape index (κ1) is 17.7. The number of piperidine rings is 1. The second-order valence-electron chi connectivity index (χ2n) is 7.23. The van der Waals surface area contributed by atoms with Crippen LogP contribution in [0.2, 0.25) is 0 Å². The van der Waals surface area contributed by atoms with Crippen LogP contribution in [-0.4, -0.2) is 66.6 Å². The van der Waals surface area contributed by atoms with E-state index in [1.807, 2.05) is 12.2 Å². The Morgan fingerprint density at radius 2 is 2.17 bits per heavy atom. The van der Waals surface area contributed by atoms with Crippen molar-refractivity contribution in [3.05, 3.63) is 48.9 Å². The van der Waals surface area contributed by atoms with E-state index in [2.05, 4.69) is 30.8 Å². The van der Waals surface area contributed by atoms with Crippen molar-refractivity contribution in [1.29, 1.82) is 0 Å². The van der Waals surface area contributed by atoms with Crippen LogP contribution in [0.15, 0.2) is 48.9 Å².